The van der Waals surface area contributed by atoms with E-state index < -0.39 is 0 Å². The van der Waals surface area contributed by atoms with E-state index in [1.165, 1.54) is 25.7 Å². The first-order valence-electron chi connectivity index (χ1n) is 6.87. The molecule has 0 aromatic carbocycles. The average molecular weight is 268 g/mol. The molecule has 0 N–H and O–H groups in total. The summed E-state index contributed by atoms with van der Waals surface area (Å²) in [6.07, 6.45) is 5.19. The fourth-order valence-corrected chi connectivity index (χ4v) is 2.94. The van der Waals surface area contributed by atoms with Crippen LogP contribution in [0.4, 0.5) is 5.82 Å². The minimum absolute atomic E-state index is 0.591. The standard InChI is InChI=1S/C14H22ClN3/c1-4-5-12-6-8-18(9-7-12)14-10(2)13(15)16-11(3)17-14/h12H,4-9H2,1-3H3. The third-order valence-corrected chi connectivity index (χ3v) is 4.15. The molecule has 0 atom stereocenters. The third-order valence-electron chi connectivity index (χ3n) is 3.78. The number of anilines is 1. The first-order chi connectivity index (χ1) is 8.61. The predicted molar refractivity (Wildman–Crippen MR) is 76.4 cm³/mol. The molecule has 100 valence electrons. The van der Waals surface area contributed by atoms with Crippen molar-refractivity contribution >= 4 is 17.4 Å². The number of aryl methyl sites for hydroxylation is 1. The molecular weight excluding hydrogens is 246 g/mol. The summed E-state index contributed by atoms with van der Waals surface area (Å²) in [5, 5.41) is 0.591. The van der Waals surface area contributed by atoms with E-state index in [4.69, 9.17) is 11.6 Å². The molecule has 0 spiro atoms. The number of hydrogen-bond acceptors (Lipinski definition) is 3. The van der Waals surface area contributed by atoms with Gasteiger partial charge in [0.05, 0.1) is 0 Å². The Kier molecular flexibility index (Phi) is 4.44. The zero-order valence-electron chi connectivity index (χ0n) is 11.5. The van der Waals surface area contributed by atoms with E-state index in [-0.39, 0.29) is 0 Å². The number of rotatable bonds is 3. The largest absolute Gasteiger partial charge is 0.356 e. The van der Waals surface area contributed by atoms with Gasteiger partial charge in [-0.05, 0) is 32.6 Å². The SMILES string of the molecule is CCCC1CCN(c2nc(C)nc(Cl)c2C)CC1. The number of aromatic nitrogens is 2. The summed E-state index contributed by atoms with van der Waals surface area (Å²) in [4.78, 5) is 11.1. The Morgan fingerprint density at radius 3 is 2.50 bits per heavy atom. The molecule has 1 fully saturated rings. The van der Waals surface area contributed by atoms with Gasteiger partial charge in [-0.2, -0.15) is 0 Å². The van der Waals surface area contributed by atoms with Crippen molar-refractivity contribution in [3.8, 4) is 0 Å². The zero-order chi connectivity index (χ0) is 13.1. The van der Waals surface area contributed by atoms with Gasteiger partial charge in [-0.1, -0.05) is 31.4 Å². The highest BCUT2D eigenvalue weighted by atomic mass is 35.5. The van der Waals surface area contributed by atoms with Crippen molar-refractivity contribution in [2.45, 2.75) is 46.5 Å². The Morgan fingerprint density at radius 1 is 1.22 bits per heavy atom. The van der Waals surface area contributed by atoms with E-state index >= 15 is 0 Å². The van der Waals surface area contributed by atoms with Crippen LogP contribution in [0.15, 0.2) is 0 Å². The summed E-state index contributed by atoms with van der Waals surface area (Å²) in [5.41, 5.74) is 1.01. The topological polar surface area (TPSA) is 29.0 Å². The number of halogens is 1. The van der Waals surface area contributed by atoms with Gasteiger partial charge >= 0.3 is 0 Å². The molecular formula is C14H22ClN3. The van der Waals surface area contributed by atoms with Crippen molar-refractivity contribution < 1.29 is 0 Å². The maximum absolute atomic E-state index is 6.14. The Morgan fingerprint density at radius 2 is 1.89 bits per heavy atom. The highest BCUT2D eigenvalue weighted by molar-refractivity contribution is 6.30. The van der Waals surface area contributed by atoms with Gasteiger partial charge in [0.25, 0.3) is 0 Å². The van der Waals surface area contributed by atoms with Gasteiger partial charge < -0.3 is 4.90 Å². The molecule has 1 aromatic rings. The Balaban J connectivity index is 2.10. The highest BCUT2D eigenvalue weighted by Crippen LogP contribution is 2.29. The van der Waals surface area contributed by atoms with Crippen molar-refractivity contribution in [1.82, 2.24) is 9.97 Å². The number of hydrogen-bond donors (Lipinski definition) is 0. The fraction of sp³-hybridized carbons (Fsp3) is 0.714. The Hall–Kier alpha value is -0.830. The third kappa shape index (κ3) is 2.94. The summed E-state index contributed by atoms with van der Waals surface area (Å²) in [5.74, 6) is 2.68. The van der Waals surface area contributed by atoms with Gasteiger partial charge in [-0.3, -0.25) is 0 Å². The van der Waals surface area contributed by atoms with E-state index in [2.05, 4.69) is 21.8 Å². The molecule has 3 nitrogen and oxygen atoms in total. The summed E-state index contributed by atoms with van der Waals surface area (Å²) in [6, 6.07) is 0. The summed E-state index contributed by atoms with van der Waals surface area (Å²) in [7, 11) is 0. The first kappa shape index (κ1) is 13.6. The lowest BCUT2D eigenvalue weighted by Crippen LogP contribution is -2.35. The number of nitrogens with zero attached hydrogens (tertiary/aromatic N) is 3. The van der Waals surface area contributed by atoms with Crippen LogP contribution in [0.1, 0.15) is 44.0 Å². The summed E-state index contributed by atoms with van der Waals surface area (Å²) < 4.78 is 0. The predicted octanol–water partition coefficient (Wildman–Crippen LogP) is 3.76. The van der Waals surface area contributed by atoms with Gasteiger partial charge in [0.1, 0.15) is 16.8 Å². The van der Waals surface area contributed by atoms with E-state index in [0.717, 1.165) is 36.2 Å². The Bertz CT molecular complexity index is 412. The van der Waals surface area contributed by atoms with Gasteiger partial charge in [-0.15, -0.1) is 0 Å². The molecule has 0 radical (unpaired) electrons. The maximum atomic E-state index is 6.14. The van der Waals surface area contributed by atoms with Crippen molar-refractivity contribution in [3.05, 3.63) is 16.5 Å². The molecule has 0 bridgehead atoms. The second-order valence-electron chi connectivity index (χ2n) is 5.23. The van der Waals surface area contributed by atoms with E-state index in [1.54, 1.807) is 0 Å². The molecule has 18 heavy (non-hydrogen) atoms. The van der Waals surface area contributed by atoms with Gasteiger partial charge in [0.15, 0.2) is 0 Å². The van der Waals surface area contributed by atoms with Crippen LogP contribution in [0.5, 0.6) is 0 Å². The van der Waals surface area contributed by atoms with Crippen LogP contribution in [0.2, 0.25) is 5.15 Å². The maximum Gasteiger partial charge on any atom is 0.137 e. The lowest BCUT2D eigenvalue weighted by molar-refractivity contribution is 0.377. The average Bonchev–Trinajstić information content (AvgIpc) is 2.35. The van der Waals surface area contributed by atoms with E-state index in [0.29, 0.717) is 5.15 Å². The van der Waals surface area contributed by atoms with Crippen LogP contribution in [-0.2, 0) is 0 Å². The van der Waals surface area contributed by atoms with Gasteiger partial charge in [0.2, 0.25) is 0 Å². The quantitative estimate of drug-likeness (QED) is 0.781. The van der Waals surface area contributed by atoms with Crippen LogP contribution in [0, 0.1) is 19.8 Å². The summed E-state index contributed by atoms with van der Waals surface area (Å²) >= 11 is 6.14. The normalized spacial score (nSPS) is 17.2. The molecule has 0 saturated carbocycles. The van der Waals surface area contributed by atoms with Crippen LogP contribution in [0.3, 0.4) is 0 Å². The zero-order valence-corrected chi connectivity index (χ0v) is 12.3. The second-order valence-corrected chi connectivity index (χ2v) is 5.59. The van der Waals surface area contributed by atoms with E-state index in [9.17, 15) is 0 Å². The van der Waals surface area contributed by atoms with Crippen molar-refractivity contribution in [1.29, 1.82) is 0 Å². The van der Waals surface area contributed by atoms with Crippen molar-refractivity contribution in [2.24, 2.45) is 5.92 Å². The second kappa shape index (κ2) is 5.87. The molecule has 0 aliphatic carbocycles. The van der Waals surface area contributed by atoms with Crippen LogP contribution >= 0.6 is 11.6 Å². The number of piperidine rings is 1. The molecule has 1 saturated heterocycles. The minimum atomic E-state index is 0.591. The smallest absolute Gasteiger partial charge is 0.137 e. The van der Waals surface area contributed by atoms with Crippen molar-refractivity contribution in [2.75, 3.05) is 18.0 Å². The van der Waals surface area contributed by atoms with Gasteiger partial charge in [-0.25, -0.2) is 9.97 Å². The van der Waals surface area contributed by atoms with Crippen molar-refractivity contribution in [3.63, 3.8) is 0 Å². The lowest BCUT2D eigenvalue weighted by Gasteiger charge is -2.33. The first-order valence-corrected chi connectivity index (χ1v) is 7.25. The minimum Gasteiger partial charge on any atom is -0.356 e. The monoisotopic (exact) mass is 267 g/mol. The molecule has 4 heteroatoms. The lowest BCUT2D eigenvalue weighted by atomic mass is 9.92. The molecule has 1 aliphatic heterocycles. The highest BCUT2D eigenvalue weighted by Gasteiger charge is 2.21. The van der Waals surface area contributed by atoms with Gasteiger partial charge in [0, 0.05) is 18.7 Å². The molecule has 2 heterocycles. The molecule has 0 amide bonds. The summed E-state index contributed by atoms with van der Waals surface area (Å²) in [6.45, 7) is 8.37. The molecule has 1 aromatic heterocycles. The molecule has 1 aliphatic rings. The van der Waals surface area contributed by atoms with Crippen LogP contribution in [0.25, 0.3) is 0 Å². The molecule has 2 rings (SSSR count). The van der Waals surface area contributed by atoms with E-state index in [1.807, 2.05) is 13.8 Å². The van der Waals surface area contributed by atoms with Crippen LogP contribution in [-0.4, -0.2) is 23.1 Å². The van der Waals surface area contributed by atoms with Crippen LogP contribution < -0.4 is 4.90 Å². The Labute approximate surface area is 115 Å². The fourth-order valence-electron chi connectivity index (χ4n) is 2.73. The molecule has 0 unspecified atom stereocenters.